The van der Waals surface area contributed by atoms with Gasteiger partial charge in [-0.25, -0.2) is 4.79 Å². The Hall–Kier alpha value is -0.610. The average Bonchev–Trinajstić information content (AvgIpc) is 2.15. The van der Waals surface area contributed by atoms with Gasteiger partial charge < -0.3 is 15.3 Å². The molecule has 0 bridgehead atoms. The predicted octanol–water partition coefficient (Wildman–Crippen LogP) is 1.40. The number of aliphatic carboxylic acids is 1. The van der Waals surface area contributed by atoms with E-state index in [0.29, 0.717) is 12.3 Å². The van der Waals surface area contributed by atoms with Gasteiger partial charge in [0.25, 0.3) is 0 Å². The molecule has 4 heteroatoms. The summed E-state index contributed by atoms with van der Waals surface area (Å²) in [6.45, 7) is 4.31. The summed E-state index contributed by atoms with van der Waals surface area (Å²) in [5.41, 5.74) is 0. The first kappa shape index (κ1) is 14.4. The topological polar surface area (TPSA) is 77.8 Å². The maximum Gasteiger partial charge on any atom is 0.335 e. The Morgan fingerprint density at radius 2 is 1.60 bits per heavy atom. The van der Waals surface area contributed by atoms with Gasteiger partial charge in [0.2, 0.25) is 0 Å². The molecule has 0 aliphatic heterocycles. The van der Waals surface area contributed by atoms with E-state index in [9.17, 15) is 9.90 Å². The van der Waals surface area contributed by atoms with E-state index in [4.69, 9.17) is 10.2 Å². The number of aliphatic hydroxyl groups is 2. The first-order valence-corrected chi connectivity index (χ1v) is 5.54. The largest absolute Gasteiger partial charge is 0.479 e. The molecule has 4 nitrogen and oxygen atoms in total. The van der Waals surface area contributed by atoms with Crippen LogP contribution in [-0.4, -0.2) is 33.5 Å². The van der Waals surface area contributed by atoms with Crippen LogP contribution in [0.3, 0.4) is 0 Å². The van der Waals surface area contributed by atoms with Gasteiger partial charge in [0.15, 0.2) is 6.10 Å². The lowest BCUT2D eigenvalue weighted by atomic mass is 10.0. The molecule has 0 saturated carbocycles. The lowest BCUT2D eigenvalue weighted by Gasteiger charge is -2.13. The van der Waals surface area contributed by atoms with Gasteiger partial charge >= 0.3 is 5.97 Å². The summed E-state index contributed by atoms with van der Waals surface area (Å²) in [4.78, 5) is 10.3. The van der Waals surface area contributed by atoms with E-state index in [-0.39, 0.29) is 0 Å². The molecule has 0 rings (SSSR count). The monoisotopic (exact) mass is 218 g/mol. The summed E-state index contributed by atoms with van der Waals surface area (Å²) in [6.07, 6.45) is 1.55. The zero-order chi connectivity index (χ0) is 11.8. The second kappa shape index (κ2) is 7.65. The fourth-order valence-corrected chi connectivity index (χ4v) is 1.41. The van der Waals surface area contributed by atoms with E-state index < -0.39 is 18.2 Å². The minimum atomic E-state index is -1.64. The van der Waals surface area contributed by atoms with Crippen LogP contribution in [0.15, 0.2) is 0 Å². The van der Waals surface area contributed by atoms with Gasteiger partial charge in [0, 0.05) is 0 Å². The molecule has 15 heavy (non-hydrogen) atoms. The van der Waals surface area contributed by atoms with Crippen molar-refractivity contribution in [3.05, 3.63) is 0 Å². The number of rotatable bonds is 8. The summed E-state index contributed by atoms with van der Waals surface area (Å²) in [5, 5.41) is 26.7. The molecule has 2 unspecified atom stereocenters. The minimum absolute atomic E-state index is 0.353. The number of carbonyl (C=O) groups is 1. The van der Waals surface area contributed by atoms with Crippen molar-refractivity contribution in [1.82, 2.24) is 0 Å². The van der Waals surface area contributed by atoms with Crippen molar-refractivity contribution in [3.63, 3.8) is 0 Å². The summed E-state index contributed by atoms with van der Waals surface area (Å²) in [6, 6.07) is 0. The van der Waals surface area contributed by atoms with E-state index in [0.717, 1.165) is 25.7 Å². The Bertz CT molecular complexity index is 179. The molecule has 0 amide bonds. The van der Waals surface area contributed by atoms with Crippen LogP contribution in [0.4, 0.5) is 0 Å². The van der Waals surface area contributed by atoms with Gasteiger partial charge in [-0.2, -0.15) is 0 Å². The highest BCUT2D eigenvalue weighted by atomic mass is 16.4. The quantitative estimate of drug-likeness (QED) is 0.538. The predicted molar refractivity (Wildman–Crippen MR) is 57.6 cm³/mol. The van der Waals surface area contributed by atoms with Crippen LogP contribution in [0.1, 0.15) is 46.0 Å². The molecule has 0 aliphatic carbocycles. The van der Waals surface area contributed by atoms with Crippen LogP contribution in [0, 0.1) is 5.92 Å². The van der Waals surface area contributed by atoms with Crippen molar-refractivity contribution in [1.29, 1.82) is 0 Å². The molecule has 0 aliphatic rings. The molecule has 0 saturated heterocycles. The van der Waals surface area contributed by atoms with E-state index in [2.05, 4.69) is 13.8 Å². The van der Waals surface area contributed by atoms with Gasteiger partial charge in [-0.1, -0.05) is 39.5 Å². The van der Waals surface area contributed by atoms with Gasteiger partial charge in [0.1, 0.15) is 0 Å². The molecule has 90 valence electrons. The molecule has 0 heterocycles. The fourth-order valence-electron chi connectivity index (χ4n) is 1.41. The standard InChI is InChI=1S/C11H22O4/c1-8(2)6-4-3-5-7-9(12)10(13)11(14)15/h8-10,12-13H,3-7H2,1-2H3,(H,14,15). The number of carboxylic acids is 1. The van der Waals surface area contributed by atoms with E-state index in [1.54, 1.807) is 0 Å². The van der Waals surface area contributed by atoms with E-state index >= 15 is 0 Å². The molecule has 3 N–H and O–H groups in total. The zero-order valence-corrected chi connectivity index (χ0v) is 9.52. The molecule has 0 aromatic rings. The maximum atomic E-state index is 10.3. The zero-order valence-electron chi connectivity index (χ0n) is 9.52. The Morgan fingerprint density at radius 3 is 2.07 bits per heavy atom. The van der Waals surface area contributed by atoms with Crippen LogP contribution in [-0.2, 0) is 4.79 Å². The fraction of sp³-hybridized carbons (Fsp3) is 0.909. The van der Waals surface area contributed by atoms with Crippen molar-refractivity contribution in [2.24, 2.45) is 5.92 Å². The van der Waals surface area contributed by atoms with Gasteiger partial charge in [-0.3, -0.25) is 0 Å². The first-order chi connectivity index (χ1) is 6.95. The van der Waals surface area contributed by atoms with E-state index in [1.807, 2.05) is 0 Å². The molecule has 0 aromatic carbocycles. The Labute approximate surface area is 90.9 Å². The van der Waals surface area contributed by atoms with Crippen LogP contribution in [0.25, 0.3) is 0 Å². The summed E-state index contributed by atoms with van der Waals surface area (Å²) >= 11 is 0. The number of carboxylic acid groups (broad SMARTS) is 1. The van der Waals surface area contributed by atoms with Crippen molar-refractivity contribution < 1.29 is 20.1 Å². The molecular formula is C11H22O4. The van der Waals surface area contributed by atoms with Crippen LogP contribution < -0.4 is 0 Å². The molecule has 0 aromatic heterocycles. The smallest absolute Gasteiger partial charge is 0.335 e. The van der Waals surface area contributed by atoms with Gasteiger partial charge in [-0.15, -0.1) is 0 Å². The molecule has 0 fully saturated rings. The highest BCUT2D eigenvalue weighted by Crippen LogP contribution is 2.11. The summed E-state index contributed by atoms with van der Waals surface area (Å²) < 4.78 is 0. The van der Waals surface area contributed by atoms with Crippen molar-refractivity contribution in [3.8, 4) is 0 Å². The van der Waals surface area contributed by atoms with Crippen molar-refractivity contribution in [2.75, 3.05) is 0 Å². The van der Waals surface area contributed by atoms with E-state index in [1.165, 1.54) is 0 Å². The summed E-state index contributed by atoms with van der Waals surface area (Å²) in [5.74, 6) is -0.677. The number of unbranched alkanes of at least 4 members (excludes halogenated alkanes) is 2. The minimum Gasteiger partial charge on any atom is -0.479 e. The SMILES string of the molecule is CC(C)CCCCCC(O)C(O)C(=O)O. The second-order valence-corrected chi connectivity index (χ2v) is 4.38. The molecular weight excluding hydrogens is 196 g/mol. The Morgan fingerprint density at radius 1 is 1.07 bits per heavy atom. The Kier molecular flexibility index (Phi) is 7.34. The van der Waals surface area contributed by atoms with Gasteiger partial charge in [-0.05, 0) is 12.3 Å². The third-order valence-corrected chi connectivity index (χ3v) is 2.40. The second-order valence-electron chi connectivity index (χ2n) is 4.38. The molecule has 0 spiro atoms. The first-order valence-electron chi connectivity index (χ1n) is 5.54. The third kappa shape index (κ3) is 7.33. The van der Waals surface area contributed by atoms with Crippen LogP contribution in [0.5, 0.6) is 0 Å². The lowest BCUT2D eigenvalue weighted by Crippen LogP contribution is -2.33. The maximum absolute atomic E-state index is 10.3. The van der Waals surface area contributed by atoms with Crippen molar-refractivity contribution >= 4 is 5.97 Å². The lowest BCUT2D eigenvalue weighted by molar-refractivity contribution is -0.153. The van der Waals surface area contributed by atoms with Gasteiger partial charge in [0.05, 0.1) is 6.10 Å². The van der Waals surface area contributed by atoms with Crippen LogP contribution >= 0.6 is 0 Å². The Balaban J connectivity index is 3.47. The van der Waals surface area contributed by atoms with Crippen molar-refractivity contribution in [2.45, 2.75) is 58.2 Å². The molecule has 2 atom stereocenters. The number of hydrogen-bond donors (Lipinski definition) is 3. The highest BCUT2D eigenvalue weighted by molar-refractivity contribution is 5.72. The normalized spacial score (nSPS) is 15.3. The average molecular weight is 218 g/mol. The number of aliphatic hydroxyl groups excluding tert-OH is 2. The highest BCUT2D eigenvalue weighted by Gasteiger charge is 2.22. The van der Waals surface area contributed by atoms with Crippen LogP contribution in [0.2, 0.25) is 0 Å². The summed E-state index contributed by atoms with van der Waals surface area (Å²) in [7, 11) is 0. The third-order valence-electron chi connectivity index (χ3n) is 2.40. The molecule has 0 radical (unpaired) electrons. The number of hydrogen-bond acceptors (Lipinski definition) is 3.